The van der Waals surface area contributed by atoms with Crippen LogP contribution >= 0.6 is 0 Å². The van der Waals surface area contributed by atoms with Crippen LogP contribution < -0.4 is 11.1 Å². The van der Waals surface area contributed by atoms with Gasteiger partial charge in [0, 0.05) is 11.9 Å². The van der Waals surface area contributed by atoms with Gasteiger partial charge in [-0.15, -0.1) is 0 Å². The number of rotatable bonds is 5. The quantitative estimate of drug-likeness (QED) is 0.865. The summed E-state index contributed by atoms with van der Waals surface area (Å²) in [6, 6.07) is 6.69. The van der Waals surface area contributed by atoms with E-state index in [0.29, 0.717) is 5.69 Å². The lowest BCUT2D eigenvalue weighted by atomic mass is 9.86. The average molecular weight is 312 g/mol. The first-order valence-corrected chi connectivity index (χ1v) is 8.90. The Labute approximate surface area is 126 Å². The van der Waals surface area contributed by atoms with Crippen molar-refractivity contribution in [2.24, 2.45) is 5.73 Å². The Bertz CT molecular complexity index is 604. The van der Waals surface area contributed by atoms with E-state index in [1.807, 2.05) is 24.3 Å². The van der Waals surface area contributed by atoms with E-state index in [1.54, 1.807) is 0 Å². The van der Waals surface area contributed by atoms with Crippen LogP contribution in [0.5, 0.6) is 0 Å². The molecule has 0 fully saturated rings. The predicted octanol–water partition coefficient (Wildman–Crippen LogP) is 1.68. The maximum Gasteiger partial charge on any atom is 0.241 e. The first kappa shape index (κ1) is 17.7. The summed E-state index contributed by atoms with van der Waals surface area (Å²) in [4.78, 5) is 12.1. The van der Waals surface area contributed by atoms with Gasteiger partial charge in [0.1, 0.15) is 9.84 Å². The van der Waals surface area contributed by atoms with Gasteiger partial charge < -0.3 is 11.1 Å². The molecule has 118 valence electrons. The van der Waals surface area contributed by atoms with Gasteiger partial charge in [-0.1, -0.05) is 39.0 Å². The predicted molar refractivity (Wildman–Crippen MR) is 86.1 cm³/mol. The molecule has 1 unspecified atom stereocenters. The highest BCUT2D eigenvalue weighted by molar-refractivity contribution is 7.90. The molecule has 3 N–H and O–H groups in total. The van der Waals surface area contributed by atoms with Crippen LogP contribution in [-0.2, 0) is 20.0 Å². The van der Waals surface area contributed by atoms with Gasteiger partial charge in [0.05, 0.1) is 11.8 Å². The van der Waals surface area contributed by atoms with Crippen LogP contribution in [0.15, 0.2) is 24.3 Å². The lowest BCUT2D eigenvalue weighted by Crippen LogP contribution is -2.37. The lowest BCUT2D eigenvalue weighted by molar-refractivity contribution is -0.117. The molecule has 21 heavy (non-hydrogen) atoms. The number of benzene rings is 1. The second-order valence-electron chi connectivity index (χ2n) is 6.31. The number of para-hydroxylation sites is 1. The summed E-state index contributed by atoms with van der Waals surface area (Å²) in [5, 5.41) is 2.79. The molecular weight excluding hydrogens is 288 g/mol. The topological polar surface area (TPSA) is 89.3 Å². The van der Waals surface area contributed by atoms with Crippen LogP contribution in [0.25, 0.3) is 0 Å². The standard InChI is InChI=1S/C15H24N2O3S/c1-15(2,3)11-7-5-6-8-13(11)17-14(18)12(16)9-10-21(4,19)20/h5-8,12H,9-10,16H2,1-4H3,(H,17,18). The van der Waals surface area contributed by atoms with Crippen molar-refractivity contribution in [2.45, 2.75) is 38.6 Å². The minimum absolute atomic E-state index is 0.0947. The fourth-order valence-corrected chi connectivity index (χ4v) is 2.63. The molecule has 0 saturated carbocycles. The van der Waals surface area contributed by atoms with Crippen molar-refractivity contribution in [3.05, 3.63) is 29.8 Å². The van der Waals surface area contributed by atoms with Crippen LogP contribution in [0.1, 0.15) is 32.8 Å². The highest BCUT2D eigenvalue weighted by Gasteiger charge is 2.21. The number of carbonyl (C=O) groups is 1. The van der Waals surface area contributed by atoms with Crippen molar-refractivity contribution in [3.63, 3.8) is 0 Å². The summed E-state index contributed by atoms with van der Waals surface area (Å²) in [6.45, 7) is 6.17. The molecule has 1 rings (SSSR count). The Balaban J connectivity index is 2.80. The molecule has 0 heterocycles. The number of hydrogen-bond donors (Lipinski definition) is 2. The molecule has 0 aliphatic carbocycles. The van der Waals surface area contributed by atoms with Crippen molar-refractivity contribution in [1.82, 2.24) is 0 Å². The monoisotopic (exact) mass is 312 g/mol. The fraction of sp³-hybridized carbons (Fsp3) is 0.533. The Morgan fingerprint density at radius 3 is 2.38 bits per heavy atom. The SMILES string of the molecule is CC(C)(C)c1ccccc1NC(=O)C(N)CCS(C)(=O)=O. The Morgan fingerprint density at radius 1 is 1.29 bits per heavy atom. The van der Waals surface area contributed by atoms with Crippen molar-refractivity contribution < 1.29 is 13.2 Å². The van der Waals surface area contributed by atoms with Crippen LogP contribution in [0.4, 0.5) is 5.69 Å². The molecule has 0 spiro atoms. The van der Waals surface area contributed by atoms with E-state index in [2.05, 4.69) is 26.1 Å². The number of nitrogens with one attached hydrogen (secondary N) is 1. The molecule has 0 aliphatic rings. The summed E-state index contributed by atoms with van der Waals surface area (Å²) in [5.41, 5.74) is 7.37. The molecule has 0 saturated heterocycles. The van der Waals surface area contributed by atoms with E-state index >= 15 is 0 Å². The van der Waals surface area contributed by atoms with Crippen molar-refractivity contribution in [3.8, 4) is 0 Å². The maximum atomic E-state index is 12.1. The molecule has 5 nitrogen and oxygen atoms in total. The molecule has 0 aromatic heterocycles. The second-order valence-corrected chi connectivity index (χ2v) is 8.57. The number of amides is 1. The van der Waals surface area contributed by atoms with Gasteiger partial charge in [0.15, 0.2) is 0 Å². The zero-order valence-corrected chi connectivity index (χ0v) is 13.8. The molecule has 6 heteroatoms. The highest BCUT2D eigenvalue weighted by atomic mass is 32.2. The Morgan fingerprint density at radius 2 is 1.86 bits per heavy atom. The van der Waals surface area contributed by atoms with Crippen LogP contribution in [-0.4, -0.2) is 32.4 Å². The highest BCUT2D eigenvalue weighted by Crippen LogP contribution is 2.29. The zero-order chi connectivity index (χ0) is 16.3. The smallest absolute Gasteiger partial charge is 0.241 e. The van der Waals surface area contributed by atoms with E-state index in [1.165, 1.54) is 0 Å². The molecular formula is C15H24N2O3S. The lowest BCUT2D eigenvalue weighted by Gasteiger charge is -2.23. The van der Waals surface area contributed by atoms with E-state index < -0.39 is 15.9 Å². The molecule has 0 aliphatic heterocycles. The number of carbonyl (C=O) groups excluding carboxylic acids is 1. The molecule has 0 radical (unpaired) electrons. The number of sulfone groups is 1. The van der Waals surface area contributed by atoms with Crippen LogP contribution in [0.2, 0.25) is 0 Å². The molecule has 1 amide bonds. The molecule has 1 atom stereocenters. The number of hydrogen-bond acceptors (Lipinski definition) is 4. The summed E-state index contributed by atoms with van der Waals surface area (Å²) in [5.74, 6) is -0.460. The van der Waals surface area contributed by atoms with Gasteiger partial charge >= 0.3 is 0 Å². The van der Waals surface area contributed by atoms with E-state index in [0.717, 1.165) is 11.8 Å². The van der Waals surface area contributed by atoms with Gasteiger partial charge in [-0.3, -0.25) is 4.79 Å². The zero-order valence-electron chi connectivity index (χ0n) is 13.0. The van der Waals surface area contributed by atoms with Crippen LogP contribution in [0, 0.1) is 0 Å². The third-order valence-electron chi connectivity index (χ3n) is 3.13. The Kier molecular flexibility index (Phi) is 5.53. The van der Waals surface area contributed by atoms with E-state index in [4.69, 9.17) is 5.73 Å². The second kappa shape index (κ2) is 6.58. The van der Waals surface area contributed by atoms with Gasteiger partial charge in [-0.25, -0.2) is 8.42 Å². The summed E-state index contributed by atoms with van der Waals surface area (Å²) >= 11 is 0. The van der Waals surface area contributed by atoms with Gasteiger partial charge in [0.2, 0.25) is 5.91 Å². The third-order valence-corrected chi connectivity index (χ3v) is 4.11. The maximum absolute atomic E-state index is 12.1. The third kappa shape index (κ3) is 5.85. The van der Waals surface area contributed by atoms with Gasteiger partial charge in [-0.2, -0.15) is 0 Å². The molecule has 1 aromatic rings. The Hall–Kier alpha value is -1.40. The first-order chi connectivity index (χ1) is 9.50. The number of anilines is 1. The van der Waals surface area contributed by atoms with Crippen molar-refractivity contribution in [2.75, 3.05) is 17.3 Å². The average Bonchev–Trinajstić information content (AvgIpc) is 2.34. The van der Waals surface area contributed by atoms with Gasteiger partial charge in [-0.05, 0) is 23.5 Å². The van der Waals surface area contributed by atoms with Gasteiger partial charge in [0.25, 0.3) is 0 Å². The van der Waals surface area contributed by atoms with Crippen molar-refractivity contribution >= 4 is 21.4 Å². The fourth-order valence-electron chi connectivity index (χ4n) is 1.94. The largest absolute Gasteiger partial charge is 0.324 e. The summed E-state index contributed by atoms with van der Waals surface area (Å²) in [7, 11) is -3.12. The molecule has 0 bridgehead atoms. The minimum atomic E-state index is -3.12. The number of nitrogens with two attached hydrogens (primary N) is 1. The van der Waals surface area contributed by atoms with Crippen LogP contribution in [0.3, 0.4) is 0 Å². The first-order valence-electron chi connectivity index (χ1n) is 6.84. The normalized spacial score (nSPS) is 13.8. The minimum Gasteiger partial charge on any atom is -0.324 e. The summed E-state index contributed by atoms with van der Waals surface area (Å²) < 4.78 is 22.2. The molecule has 1 aromatic carbocycles. The van der Waals surface area contributed by atoms with Crippen molar-refractivity contribution in [1.29, 1.82) is 0 Å². The summed E-state index contributed by atoms with van der Waals surface area (Å²) in [6.07, 6.45) is 1.24. The van der Waals surface area contributed by atoms with E-state index in [-0.39, 0.29) is 23.5 Å². The van der Waals surface area contributed by atoms with E-state index in [9.17, 15) is 13.2 Å².